The molecule has 0 aromatic heterocycles. The van der Waals surface area contributed by atoms with Crippen LogP contribution in [-0.2, 0) is 0 Å². The highest BCUT2D eigenvalue weighted by atomic mass is 79.9. The van der Waals surface area contributed by atoms with Gasteiger partial charge < -0.3 is 5.32 Å². The average molecular weight is 337 g/mol. The summed E-state index contributed by atoms with van der Waals surface area (Å²) in [6, 6.07) is 4.22. The molecule has 100 valence electrons. The van der Waals surface area contributed by atoms with Gasteiger partial charge >= 0.3 is 0 Å². The van der Waals surface area contributed by atoms with Crippen LogP contribution in [-0.4, -0.2) is 17.8 Å². The van der Waals surface area contributed by atoms with Crippen molar-refractivity contribution >= 4 is 33.4 Å². The third kappa shape index (κ3) is 4.58. The average Bonchev–Trinajstić information content (AvgIpc) is 2.27. The van der Waals surface area contributed by atoms with E-state index in [9.17, 15) is 9.18 Å². The van der Waals surface area contributed by atoms with Crippen LogP contribution < -0.4 is 5.32 Å². The Balaban J connectivity index is 2.74. The zero-order valence-electron chi connectivity index (χ0n) is 10.3. The molecule has 1 aromatic carbocycles. The van der Waals surface area contributed by atoms with Gasteiger partial charge in [0, 0.05) is 16.4 Å². The third-order valence-corrected chi connectivity index (χ3v) is 3.32. The van der Waals surface area contributed by atoms with Gasteiger partial charge in [0.25, 0.3) is 5.91 Å². The maximum atomic E-state index is 13.6. The molecule has 1 unspecified atom stereocenters. The summed E-state index contributed by atoms with van der Waals surface area (Å²) in [6.45, 7) is 4.10. The predicted molar refractivity (Wildman–Crippen MR) is 75.5 cm³/mol. The van der Waals surface area contributed by atoms with Crippen molar-refractivity contribution in [3.63, 3.8) is 0 Å². The van der Waals surface area contributed by atoms with Crippen molar-refractivity contribution < 1.29 is 9.18 Å². The molecule has 0 heterocycles. The molecule has 0 aliphatic rings. The van der Waals surface area contributed by atoms with Gasteiger partial charge in [-0.3, -0.25) is 4.79 Å². The zero-order chi connectivity index (χ0) is 13.7. The van der Waals surface area contributed by atoms with Gasteiger partial charge in [-0.1, -0.05) is 29.8 Å². The Labute approximate surface area is 120 Å². The number of halogens is 3. The first-order chi connectivity index (χ1) is 8.43. The Kier molecular flexibility index (Phi) is 6.09. The summed E-state index contributed by atoms with van der Waals surface area (Å²) in [7, 11) is 0. The number of carbonyl (C=O) groups is 1. The lowest BCUT2D eigenvalue weighted by atomic mass is 10.0. The molecule has 0 bridgehead atoms. The number of carbonyl (C=O) groups excluding carboxylic acids is 1. The maximum absolute atomic E-state index is 13.6. The standard InChI is InChI=1S/C13H16BrClFNO/c1-8(2)5-10(7-15)17-13(18)11-4-3-9(14)6-12(11)16/h3-4,6,8,10H,5,7H2,1-2H3,(H,17,18). The first kappa shape index (κ1) is 15.4. The molecule has 5 heteroatoms. The smallest absolute Gasteiger partial charge is 0.254 e. The van der Waals surface area contributed by atoms with E-state index in [1.165, 1.54) is 12.1 Å². The van der Waals surface area contributed by atoms with Crippen molar-refractivity contribution in [2.45, 2.75) is 26.3 Å². The van der Waals surface area contributed by atoms with Crippen molar-refractivity contribution in [2.24, 2.45) is 5.92 Å². The van der Waals surface area contributed by atoms with Crippen molar-refractivity contribution in [3.05, 3.63) is 34.1 Å². The Morgan fingerprint density at radius 2 is 2.17 bits per heavy atom. The minimum absolute atomic E-state index is 0.0390. The molecule has 0 aliphatic carbocycles. The first-order valence-electron chi connectivity index (χ1n) is 5.76. The molecule has 1 aromatic rings. The van der Waals surface area contributed by atoms with Crippen molar-refractivity contribution in [1.82, 2.24) is 5.32 Å². The Hall–Kier alpha value is -0.610. The van der Waals surface area contributed by atoms with Gasteiger partial charge in [-0.2, -0.15) is 0 Å². The van der Waals surface area contributed by atoms with Crippen LogP contribution in [0, 0.1) is 11.7 Å². The highest BCUT2D eigenvalue weighted by Gasteiger charge is 2.17. The summed E-state index contributed by atoms with van der Waals surface area (Å²) < 4.78 is 14.2. The Morgan fingerprint density at radius 3 is 2.67 bits per heavy atom. The molecular formula is C13H16BrClFNO. The van der Waals surface area contributed by atoms with Gasteiger partial charge in [0.05, 0.1) is 5.56 Å². The number of hydrogen-bond donors (Lipinski definition) is 1. The van der Waals surface area contributed by atoms with Crippen LogP contribution in [0.15, 0.2) is 22.7 Å². The lowest BCUT2D eigenvalue weighted by Gasteiger charge is -2.18. The van der Waals surface area contributed by atoms with Crippen LogP contribution in [0.1, 0.15) is 30.6 Å². The Bertz CT molecular complexity index is 425. The fraction of sp³-hybridized carbons (Fsp3) is 0.462. The monoisotopic (exact) mass is 335 g/mol. The molecule has 1 N–H and O–H groups in total. The summed E-state index contributed by atoms with van der Waals surface area (Å²) in [5.41, 5.74) is 0.0390. The van der Waals surface area contributed by atoms with Gasteiger partial charge in [-0.25, -0.2) is 4.39 Å². The number of amides is 1. The van der Waals surface area contributed by atoms with Crippen LogP contribution in [0.2, 0.25) is 0 Å². The topological polar surface area (TPSA) is 29.1 Å². The summed E-state index contributed by atoms with van der Waals surface area (Å²) in [5.74, 6) is -0.225. The lowest BCUT2D eigenvalue weighted by Crippen LogP contribution is -2.37. The number of nitrogens with one attached hydrogen (secondary N) is 1. The highest BCUT2D eigenvalue weighted by molar-refractivity contribution is 9.10. The molecule has 0 saturated heterocycles. The van der Waals surface area contributed by atoms with Crippen molar-refractivity contribution in [1.29, 1.82) is 0 Å². The summed E-state index contributed by atoms with van der Waals surface area (Å²) >= 11 is 8.94. The molecular weight excluding hydrogens is 321 g/mol. The lowest BCUT2D eigenvalue weighted by molar-refractivity contribution is 0.0932. The normalized spacial score (nSPS) is 12.6. The van der Waals surface area contributed by atoms with E-state index in [0.29, 0.717) is 16.3 Å². The Morgan fingerprint density at radius 1 is 1.50 bits per heavy atom. The van der Waals surface area contributed by atoms with Crippen LogP contribution in [0.5, 0.6) is 0 Å². The zero-order valence-corrected chi connectivity index (χ0v) is 12.7. The van der Waals surface area contributed by atoms with Crippen molar-refractivity contribution in [2.75, 3.05) is 5.88 Å². The molecule has 0 radical (unpaired) electrons. The predicted octanol–water partition coefficient (Wildman–Crippen LogP) is 3.97. The molecule has 1 rings (SSSR count). The van der Waals surface area contributed by atoms with Gasteiger partial charge in [0.1, 0.15) is 5.82 Å². The molecule has 1 amide bonds. The largest absolute Gasteiger partial charge is 0.348 e. The van der Waals surface area contributed by atoms with Crippen LogP contribution in [0.4, 0.5) is 4.39 Å². The third-order valence-electron chi connectivity index (χ3n) is 2.45. The molecule has 1 atom stereocenters. The van der Waals surface area contributed by atoms with E-state index in [4.69, 9.17) is 11.6 Å². The summed E-state index contributed by atoms with van der Waals surface area (Å²) in [4.78, 5) is 11.9. The fourth-order valence-electron chi connectivity index (χ4n) is 1.67. The second-order valence-corrected chi connectivity index (χ2v) is 5.80. The maximum Gasteiger partial charge on any atom is 0.254 e. The van der Waals surface area contributed by atoms with E-state index in [1.807, 2.05) is 13.8 Å². The number of alkyl halides is 1. The second kappa shape index (κ2) is 7.10. The van der Waals surface area contributed by atoms with E-state index in [2.05, 4.69) is 21.2 Å². The van der Waals surface area contributed by atoms with Crippen LogP contribution >= 0.6 is 27.5 Å². The van der Waals surface area contributed by atoms with E-state index >= 15 is 0 Å². The molecule has 0 fully saturated rings. The number of benzene rings is 1. The van der Waals surface area contributed by atoms with Crippen LogP contribution in [0.3, 0.4) is 0 Å². The SMILES string of the molecule is CC(C)CC(CCl)NC(=O)c1ccc(Br)cc1F. The van der Waals surface area contributed by atoms with Gasteiger partial charge in [-0.05, 0) is 30.5 Å². The molecule has 0 spiro atoms. The van der Waals surface area contributed by atoms with Gasteiger partial charge in [0.15, 0.2) is 0 Å². The minimum atomic E-state index is -0.542. The number of rotatable bonds is 5. The molecule has 2 nitrogen and oxygen atoms in total. The molecule has 0 saturated carbocycles. The van der Waals surface area contributed by atoms with E-state index in [1.54, 1.807) is 6.07 Å². The second-order valence-electron chi connectivity index (χ2n) is 4.58. The van der Waals surface area contributed by atoms with Gasteiger partial charge in [-0.15, -0.1) is 11.6 Å². The minimum Gasteiger partial charge on any atom is -0.348 e. The first-order valence-corrected chi connectivity index (χ1v) is 7.08. The summed E-state index contributed by atoms with van der Waals surface area (Å²) in [6.07, 6.45) is 0.771. The molecule has 18 heavy (non-hydrogen) atoms. The van der Waals surface area contributed by atoms with Crippen molar-refractivity contribution in [3.8, 4) is 0 Å². The van der Waals surface area contributed by atoms with Gasteiger partial charge in [0.2, 0.25) is 0 Å². The molecule has 0 aliphatic heterocycles. The van der Waals surface area contributed by atoms with E-state index < -0.39 is 11.7 Å². The van der Waals surface area contributed by atoms with E-state index in [-0.39, 0.29) is 11.6 Å². The fourth-order valence-corrected chi connectivity index (χ4v) is 2.20. The quantitative estimate of drug-likeness (QED) is 0.810. The van der Waals surface area contributed by atoms with Crippen LogP contribution in [0.25, 0.3) is 0 Å². The number of hydrogen-bond acceptors (Lipinski definition) is 1. The van der Waals surface area contributed by atoms with E-state index in [0.717, 1.165) is 6.42 Å². The summed E-state index contributed by atoms with van der Waals surface area (Å²) in [5, 5.41) is 2.75. The highest BCUT2D eigenvalue weighted by Crippen LogP contribution is 2.16.